The molecule has 2 amide bonds. The van der Waals surface area contributed by atoms with Crippen LogP contribution in [0.15, 0.2) is 35.3 Å². The normalized spacial score (nSPS) is 18.2. The van der Waals surface area contributed by atoms with Gasteiger partial charge in [-0.15, -0.1) is 0 Å². The van der Waals surface area contributed by atoms with Crippen molar-refractivity contribution in [2.75, 3.05) is 63.8 Å². The molecule has 0 spiro atoms. The Morgan fingerprint density at radius 2 is 1.45 bits per heavy atom. The summed E-state index contributed by atoms with van der Waals surface area (Å²) in [6, 6.07) is 10.2. The molecule has 2 fully saturated rings. The Kier molecular flexibility index (Phi) is 7.25. The Morgan fingerprint density at radius 1 is 0.903 bits per heavy atom. The Bertz CT molecular complexity index is 776. The van der Waals surface area contributed by atoms with Crippen molar-refractivity contribution in [2.45, 2.75) is 26.4 Å². The van der Waals surface area contributed by atoms with Crippen molar-refractivity contribution in [2.24, 2.45) is 10.7 Å². The molecule has 2 N–H and O–H groups in total. The van der Waals surface area contributed by atoms with Gasteiger partial charge in [-0.05, 0) is 32.9 Å². The number of rotatable bonds is 3. The number of piperazine rings is 2. The number of para-hydroxylation sites is 1. The van der Waals surface area contributed by atoms with Crippen molar-refractivity contribution in [1.29, 1.82) is 0 Å². The molecule has 170 valence electrons. The third-order valence-corrected chi connectivity index (χ3v) is 5.39. The second kappa shape index (κ2) is 9.89. The van der Waals surface area contributed by atoms with Crippen LogP contribution in [0, 0.1) is 0 Å². The number of guanidine groups is 1. The van der Waals surface area contributed by atoms with Gasteiger partial charge >= 0.3 is 6.09 Å². The molecule has 0 aromatic heterocycles. The van der Waals surface area contributed by atoms with E-state index in [1.54, 1.807) is 4.90 Å². The topological polar surface area (TPSA) is 94.7 Å². The van der Waals surface area contributed by atoms with E-state index in [9.17, 15) is 9.59 Å². The van der Waals surface area contributed by atoms with E-state index in [0.29, 0.717) is 45.2 Å². The quantitative estimate of drug-likeness (QED) is 0.572. The maximum absolute atomic E-state index is 12.6. The van der Waals surface area contributed by atoms with Crippen molar-refractivity contribution in [3.63, 3.8) is 0 Å². The minimum Gasteiger partial charge on any atom is -0.444 e. The van der Waals surface area contributed by atoms with Gasteiger partial charge in [0.05, 0.1) is 0 Å². The molecule has 0 radical (unpaired) electrons. The van der Waals surface area contributed by atoms with Crippen molar-refractivity contribution >= 4 is 23.6 Å². The first-order valence-electron chi connectivity index (χ1n) is 10.8. The van der Waals surface area contributed by atoms with Crippen LogP contribution in [0.1, 0.15) is 20.8 Å². The van der Waals surface area contributed by atoms with Gasteiger partial charge in [-0.3, -0.25) is 4.79 Å². The number of aliphatic imine (C=N–C) groups is 1. The molecule has 1 aromatic rings. The maximum Gasteiger partial charge on any atom is 0.410 e. The van der Waals surface area contributed by atoms with Crippen molar-refractivity contribution < 1.29 is 14.3 Å². The summed E-state index contributed by atoms with van der Waals surface area (Å²) in [6.45, 7) is 10.7. The largest absolute Gasteiger partial charge is 0.444 e. The van der Waals surface area contributed by atoms with Crippen LogP contribution in [0.4, 0.5) is 10.5 Å². The molecule has 2 saturated heterocycles. The lowest BCUT2D eigenvalue weighted by Gasteiger charge is -2.36. The van der Waals surface area contributed by atoms with E-state index in [4.69, 9.17) is 10.5 Å². The summed E-state index contributed by atoms with van der Waals surface area (Å²) in [5.74, 6) is 0.336. The zero-order valence-corrected chi connectivity index (χ0v) is 18.8. The first-order valence-corrected chi connectivity index (χ1v) is 10.8. The van der Waals surface area contributed by atoms with Crippen LogP contribution in [0.25, 0.3) is 0 Å². The fraction of sp³-hybridized carbons (Fsp3) is 0.591. The number of ether oxygens (including phenoxy) is 1. The predicted octanol–water partition coefficient (Wildman–Crippen LogP) is 1.20. The molecule has 2 aliphatic heterocycles. The van der Waals surface area contributed by atoms with Crippen LogP contribution in [0.5, 0.6) is 0 Å². The molecule has 9 nitrogen and oxygen atoms in total. The lowest BCUT2D eigenvalue weighted by molar-refractivity contribution is -0.129. The molecule has 2 heterocycles. The van der Waals surface area contributed by atoms with Gasteiger partial charge in [-0.1, -0.05) is 18.2 Å². The molecule has 0 aliphatic carbocycles. The summed E-state index contributed by atoms with van der Waals surface area (Å²) in [5.41, 5.74) is 6.78. The predicted molar refractivity (Wildman–Crippen MR) is 121 cm³/mol. The third-order valence-electron chi connectivity index (χ3n) is 5.39. The molecular formula is C22H34N6O3. The Labute approximate surface area is 184 Å². The molecule has 31 heavy (non-hydrogen) atoms. The second-order valence-electron chi connectivity index (χ2n) is 8.83. The van der Waals surface area contributed by atoms with Gasteiger partial charge in [-0.25, -0.2) is 9.79 Å². The molecule has 3 rings (SSSR count). The van der Waals surface area contributed by atoms with E-state index in [-0.39, 0.29) is 18.5 Å². The molecule has 0 bridgehead atoms. The number of nitrogens with zero attached hydrogens (tertiary/aromatic N) is 5. The number of benzene rings is 1. The van der Waals surface area contributed by atoms with Gasteiger partial charge in [0.1, 0.15) is 12.1 Å². The average molecular weight is 431 g/mol. The first-order chi connectivity index (χ1) is 14.7. The smallest absolute Gasteiger partial charge is 0.410 e. The molecule has 9 heteroatoms. The van der Waals surface area contributed by atoms with Gasteiger partial charge < -0.3 is 30.1 Å². The highest BCUT2D eigenvalue weighted by Gasteiger charge is 2.27. The van der Waals surface area contributed by atoms with Crippen LogP contribution in [0.2, 0.25) is 0 Å². The Hall–Kier alpha value is -2.97. The zero-order valence-electron chi connectivity index (χ0n) is 18.8. The van der Waals surface area contributed by atoms with Crippen molar-refractivity contribution in [3.8, 4) is 0 Å². The van der Waals surface area contributed by atoms with Crippen LogP contribution < -0.4 is 10.6 Å². The Morgan fingerprint density at radius 3 is 2.03 bits per heavy atom. The number of hydrogen-bond acceptors (Lipinski definition) is 5. The third kappa shape index (κ3) is 6.50. The van der Waals surface area contributed by atoms with Crippen LogP contribution in [-0.2, 0) is 9.53 Å². The molecule has 1 aromatic carbocycles. The van der Waals surface area contributed by atoms with E-state index in [1.165, 1.54) is 5.69 Å². The molecule has 0 atom stereocenters. The minimum atomic E-state index is -0.512. The minimum absolute atomic E-state index is 0.0111. The standard InChI is InChI=1S/C22H34N6O3/c1-22(2,3)31-21(30)28-15-13-27(14-16-28)20(23)24-17-19(29)26-11-9-25(10-12-26)18-7-5-4-6-8-18/h4-8H,9-17H2,1-3H3,(H2,23,24). The van der Waals surface area contributed by atoms with Crippen LogP contribution in [-0.4, -0.2) is 97.2 Å². The number of carbonyl (C=O) groups excluding carboxylic acids is 2. The van der Waals surface area contributed by atoms with Crippen LogP contribution >= 0.6 is 0 Å². The van der Waals surface area contributed by atoms with Gasteiger partial charge in [-0.2, -0.15) is 0 Å². The highest BCUT2D eigenvalue weighted by molar-refractivity contribution is 5.84. The highest BCUT2D eigenvalue weighted by atomic mass is 16.6. The number of hydrogen-bond donors (Lipinski definition) is 1. The number of nitrogens with two attached hydrogens (primary N) is 1. The van der Waals surface area contributed by atoms with Crippen molar-refractivity contribution in [1.82, 2.24) is 14.7 Å². The summed E-state index contributed by atoms with van der Waals surface area (Å²) in [4.78, 5) is 36.7. The average Bonchev–Trinajstić information content (AvgIpc) is 2.77. The number of carbonyl (C=O) groups is 2. The van der Waals surface area contributed by atoms with Crippen LogP contribution in [0.3, 0.4) is 0 Å². The van der Waals surface area contributed by atoms with E-state index < -0.39 is 5.60 Å². The maximum atomic E-state index is 12.6. The number of anilines is 1. The Balaban J connectivity index is 1.41. The van der Waals surface area contributed by atoms with Gasteiger partial charge in [0.15, 0.2) is 5.96 Å². The fourth-order valence-electron chi connectivity index (χ4n) is 3.65. The number of amides is 2. The monoisotopic (exact) mass is 430 g/mol. The van der Waals surface area contributed by atoms with Crippen molar-refractivity contribution in [3.05, 3.63) is 30.3 Å². The fourth-order valence-corrected chi connectivity index (χ4v) is 3.65. The lowest BCUT2D eigenvalue weighted by atomic mass is 10.2. The SMILES string of the molecule is CC(C)(C)OC(=O)N1CCN(C(N)=NCC(=O)N2CCN(c3ccccc3)CC2)CC1. The summed E-state index contributed by atoms with van der Waals surface area (Å²) in [5, 5.41) is 0. The molecule has 0 unspecified atom stereocenters. The van der Waals surface area contributed by atoms with E-state index >= 15 is 0 Å². The van der Waals surface area contributed by atoms with E-state index in [0.717, 1.165) is 13.1 Å². The van der Waals surface area contributed by atoms with Gasteiger partial charge in [0.25, 0.3) is 0 Å². The van der Waals surface area contributed by atoms with E-state index in [2.05, 4.69) is 22.0 Å². The van der Waals surface area contributed by atoms with E-state index in [1.807, 2.05) is 48.8 Å². The molecule has 0 saturated carbocycles. The first kappa shape index (κ1) is 22.7. The highest BCUT2D eigenvalue weighted by Crippen LogP contribution is 2.16. The molecule has 2 aliphatic rings. The zero-order chi connectivity index (χ0) is 22.4. The van der Waals surface area contributed by atoms with Gasteiger partial charge in [0, 0.05) is 58.0 Å². The summed E-state index contributed by atoms with van der Waals surface area (Å²) >= 11 is 0. The van der Waals surface area contributed by atoms with Gasteiger partial charge in [0.2, 0.25) is 5.91 Å². The summed E-state index contributed by atoms with van der Waals surface area (Å²) < 4.78 is 5.41. The summed E-state index contributed by atoms with van der Waals surface area (Å²) in [7, 11) is 0. The molecular weight excluding hydrogens is 396 g/mol. The lowest BCUT2D eigenvalue weighted by Crippen LogP contribution is -2.53. The second-order valence-corrected chi connectivity index (χ2v) is 8.83. The summed E-state index contributed by atoms with van der Waals surface area (Å²) in [6.07, 6.45) is -0.313.